The number of benzene rings is 1. The smallest absolute Gasteiger partial charge is 0.231 e. The Morgan fingerprint density at radius 2 is 2.21 bits per heavy atom. The number of aliphatic hydroxyl groups excluding tert-OH is 1. The summed E-state index contributed by atoms with van der Waals surface area (Å²) >= 11 is 0. The predicted octanol–water partition coefficient (Wildman–Crippen LogP) is 1.43. The number of hydrogen-bond donors (Lipinski definition) is 2. The average molecular weight is 265 g/mol. The molecule has 2 aliphatic rings. The first-order chi connectivity index (χ1) is 9.26. The molecule has 0 atom stereocenters. The van der Waals surface area contributed by atoms with Gasteiger partial charge in [0.15, 0.2) is 11.5 Å². The van der Waals surface area contributed by atoms with Crippen molar-refractivity contribution in [2.45, 2.75) is 31.3 Å². The van der Waals surface area contributed by atoms with Crippen molar-refractivity contribution in [2.24, 2.45) is 0 Å². The maximum atomic E-state index is 9.44. The van der Waals surface area contributed by atoms with E-state index >= 15 is 0 Å². The first-order valence-corrected chi connectivity index (χ1v) is 6.59. The molecule has 0 saturated heterocycles. The Kier molecular flexibility index (Phi) is 3.24. The second kappa shape index (κ2) is 4.90. The summed E-state index contributed by atoms with van der Waals surface area (Å²) in [4.78, 5) is 0. The van der Waals surface area contributed by atoms with Crippen LogP contribution < -0.4 is 19.5 Å². The van der Waals surface area contributed by atoms with Crippen LogP contribution in [0.1, 0.15) is 24.8 Å². The zero-order valence-corrected chi connectivity index (χ0v) is 11.1. The highest BCUT2D eigenvalue weighted by molar-refractivity contribution is 5.55. The van der Waals surface area contributed by atoms with Crippen LogP contribution in [0.25, 0.3) is 0 Å². The molecule has 0 amide bonds. The molecule has 0 unspecified atom stereocenters. The number of methoxy groups -OCH3 is 1. The van der Waals surface area contributed by atoms with Crippen LogP contribution in [0.5, 0.6) is 17.2 Å². The van der Waals surface area contributed by atoms with E-state index in [2.05, 4.69) is 5.32 Å². The molecule has 104 valence electrons. The largest absolute Gasteiger partial charge is 0.493 e. The van der Waals surface area contributed by atoms with E-state index in [4.69, 9.17) is 14.2 Å². The fourth-order valence-electron chi connectivity index (χ4n) is 2.57. The van der Waals surface area contributed by atoms with Gasteiger partial charge in [-0.1, -0.05) is 0 Å². The lowest BCUT2D eigenvalue weighted by molar-refractivity contribution is 0.0872. The van der Waals surface area contributed by atoms with Crippen molar-refractivity contribution in [2.75, 3.05) is 20.5 Å². The van der Waals surface area contributed by atoms with Crippen LogP contribution in [-0.2, 0) is 6.54 Å². The Bertz CT molecular complexity index is 465. The van der Waals surface area contributed by atoms with E-state index in [0.29, 0.717) is 18.0 Å². The minimum atomic E-state index is -0.0936. The Morgan fingerprint density at radius 3 is 2.84 bits per heavy atom. The zero-order valence-electron chi connectivity index (χ0n) is 11.1. The van der Waals surface area contributed by atoms with Crippen LogP contribution in [-0.4, -0.2) is 31.2 Å². The molecule has 19 heavy (non-hydrogen) atoms. The lowest BCUT2D eigenvalue weighted by Crippen LogP contribution is -2.53. The SMILES string of the molecule is COc1cc(CNC2(CO)CCC2)cc2c1OCO2. The van der Waals surface area contributed by atoms with Gasteiger partial charge < -0.3 is 24.6 Å². The predicted molar refractivity (Wildman–Crippen MR) is 69.6 cm³/mol. The molecule has 1 aromatic carbocycles. The molecular formula is C14H19NO4. The van der Waals surface area contributed by atoms with E-state index in [0.717, 1.165) is 24.2 Å². The van der Waals surface area contributed by atoms with Gasteiger partial charge in [-0.2, -0.15) is 0 Å². The van der Waals surface area contributed by atoms with E-state index in [-0.39, 0.29) is 18.9 Å². The van der Waals surface area contributed by atoms with Crippen molar-refractivity contribution < 1.29 is 19.3 Å². The quantitative estimate of drug-likeness (QED) is 0.843. The third-order valence-electron chi connectivity index (χ3n) is 4.00. The van der Waals surface area contributed by atoms with Gasteiger partial charge in [-0.25, -0.2) is 0 Å². The van der Waals surface area contributed by atoms with Gasteiger partial charge in [-0.3, -0.25) is 0 Å². The molecule has 1 fully saturated rings. The van der Waals surface area contributed by atoms with Crippen molar-refractivity contribution in [3.05, 3.63) is 17.7 Å². The van der Waals surface area contributed by atoms with E-state index in [1.165, 1.54) is 6.42 Å². The van der Waals surface area contributed by atoms with Crippen LogP contribution in [0.15, 0.2) is 12.1 Å². The van der Waals surface area contributed by atoms with Crippen LogP contribution in [0.3, 0.4) is 0 Å². The third-order valence-corrected chi connectivity index (χ3v) is 4.00. The second-order valence-corrected chi connectivity index (χ2v) is 5.18. The molecule has 5 nitrogen and oxygen atoms in total. The Labute approximate surface area is 112 Å². The summed E-state index contributed by atoms with van der Waals surface area (Å²) in [7, 11) is 1.62. The summed E-state index contributed by atoms with van der Waals surface area (Å²) in [5.41, 5.74) is 0.977. The highest BCUT2D eigenvalue weighted by Gasteiger charge is 2.35. The zero-order chi connectivity index (χ0) is 13.3. The topological polar surface area (TPSA) is 60.0 Å². The molecule has 3 rings (SSSR count). The van der Waals surface area contributed by atoms with Crippen molar-refractivity contribution in [3.8, 4) is 17.2 Å². The molecular weight excluding hydrogens is 246 g/mol. The summed E-state index contributed by atoms with van der Waals surface area (Å²) < 4.78 is 16.1. The molecule has 0 radical (unpaired) electrons. The summed E-state index contributed by atoms with van der Waals surface area (Å²) in [6, 6.07) is 3.91. The molecule has 1 aliphatic carbocycles. The molecule has 0 spiro atoms. The van der Waals surface area contributed by atoms with Crippen molar-refractivity contribution in [3.63, 3.8) is 0 Å². The van der Waals surface area contributed by atoms with Crippen molar-refractivity contribution in [1.29, 1.82) is 0 Å². The Hall–Kier alpha value is -1.46. The Morgan fingerprint density at radius 1 is 1.37 bits per heavy atom. The number of hydrogen-bond acceptors (Lipinski definition) is 5. The third kappa shape index (κ3) is 2.24. The van der Waals surface area contributed by atoms with Gasteiger partial charge >= 0.3 is 0 Å². The Balaban J connectivity index is 1.74. The van der Waals surface area contributed by atoms with Gasteiger partial charge in [0.2, 0.25) is 12.5 Å². The molecule has 2 N–H and O–H groups in total. The highest BCUT2D eigenvalue weighted by Crippen LogP contribution is 2.42. The van der Waals surface area contributed by atoms with Gasteiger partial charge in [0.1, 0.15) is 0 Å². The molecule has 0 bridgehead atoms. The van der Waals surface area contributed by atoms with E-state index < -0.39 is 0 Å². The highest BCUT2D eigenvalue weighted by atomic mass is 16.7. The van der Waals surface area contributed by atoms with Crippen molar-refractivity contribution >= 4 is 0 Å². The van der Waals surface area contributed by atoms with Gasteiger partial charge in [0.25, 0.3) is 0 Å². The standard InChI is InChI=1S/C14H19NO4/c1-17-11-5-10(6-12-13(11)19-9-18-12)7-15-14(8-16)3-2-4-14/h5-6,15-16H,2-4,7-9H2,1H3. The first-order valence-electron chi connectivity index (χ1n) is 6.59. The number of rotatable bonds is 5. The molecule has 1 aromatic rings. The van der Waals surface area contributed by atoms with Crippen molar-refractivity contribution in [1.82, 2.24) is 5.32 Å². The minimum Gasteiger partial charge on any atom is -0.493 e. The molecule has 5 heteroatoms. The second-order valence-electron chi connectivity index (χ2n) is 5.18. The maximum absolute atomic E-state index is 9.44. The first kappa shape index (κ1) is 12.6. The maximum Gasteiger partial charge on any atom is 0.231 e. The number of aliphatic hydroxyl groups is 1. The summed E-state index contributed by atoms with van der Waals surface area (Å²) in [5, 5.41) is 12.9. The van der Waals surface area contributed by atoms with Gasteiger partial charge in [-0.15, -0.1) is 0 Å². The van der Waals surface area contributed by atoms with E-state index in [1.54, 1.807) is 7.11 Å². The van der Waals surface area contributed by atoms with Crippen LogP contribution in [0, 0.1) is 0 Å². The number of ether oxygens (including phenoxy) is 3. The lowest BCUT2D eigenvalue weighted by atomic mass is 9.77. The monoisotopic (exact) mass is 265 g/mol. The average Bonchev–Trinajstić information content (AvgIpc) is 2.85. The minimum absolute atomic E-state index is 0.0936. The number of nitrogens with one attached hydrogen (secondary N) is 1. The summed E-state index contributed by atoms with van der Waals surface area (Å²) in [5.74, 6) is 2.09. The lowest BCUT2D eigenvalue weighted by Gasteiger charge is -2.41. The molecule has 1 saturated carbocycles. The van der Waals surface area contributed by atoms with Gasteiger partial charge in [0, 0.05) is 12.1 Å². The van der Waals surface area contributed by atoms with Gasteiger partial charge in [0.05, 0.1) is 13.7 Å². The molecule has 0 aromatic heterocycles. The van der Waals surface area contributed by atoms with Crippen LogP contribution in [0.4, 0.5) is 0 Å². The number of fused-ring (bicyclic) bond motifs is 1. The molecule has 1 heterocycles. The fraction of sp³-hybridized carbons (Fsp3) is 0.571. The van der Waals surface area contributed by atoms with E-state index in [9.17, 15) is 5.11 Å². The van der Waals surface area contributed by atoms with Crippen LogP contribution in [0.2, 0.25) is 0 Å². The fourth-order valence-corrected chi connectivity index (χ4v) is 2.57. The summed E-state index contributed by atoms with van der Waals surface area (Å²) in [6.07, 6.45) is 3.24. The molecule has 1 aliphatic heterocycles. The van der Waals surface area contributed by atoms with Crippen LogP contribution >= 0.6 is 0 Å². The van der Waals surface area contributed by atoms with Gasteiger partial charge in [-0.05, 0) is 37.0 Å². The summed E-state index contributed by atoms with van der Waals surface area (Å²) in [6.45, 7) is 1.12. The normalized spacial score (nSPS) is 19.1. The van der Waals surface area contributed by atoms with E-state index in [1.807, 2.05) is 12.1 Å².